The number of para-hydroxylation sites is 2. The van der Waals surface area contributed by atoms with Gasteiger partial charge in [0.15, 0.2) is 4.87 Å². The molecule has 0 saturated carbocycles. The van der Waals surface area contributed by atoms with Gasteiger partial charge in [-0.25, -0.2) is 0 Å². The Hall–Kier alpha value is -2.84. The highest BCUT2D eigenvalue weighted by Crippen LogP contribution is 2.76. The van der Waals surface area contributed by atoms with Gasteiger partial charge in [0.05, 0.1) is 17.4 Å². The Labute approximate surface area is 308 Å². The van der Waals surface area contributed by atoms with Crippen LogP contribution in [0.25, 0.3) is 0 Å². The molecule has 0 aliphatic carbocycles. The van der Waals surface area contributed by atoms with E-state index in [1.54, 1.807) is 43.4 Å². The minimum atomic E-state index is -2.33. The zero-order valence-corrected chi connectivity index (χ0v) is 31.4. The molecule has 4 amide bonds. The predicted molar refractivity (Wildman–Crippen MR) is 194 cm³/mol. The third-order valence-corrected chi connectivity index (χ3v) is 20.1. The Balaban J connectivity index is 1.43. The number of likely N-dealkylation sites (N-methyl/N-ethyl adjacent to an activating group) is 2. The van der Waals surface area contributed by atoms with Crippen molar-refractivity contribution < 1.29 is 39.2 Å². The van der Waals surface area contributed by atoms with E-state index in [9.17, 15) is 24.9 Å². The summed E-state index contributed by atoms with van der Waals surface area (Å²) < 4.78 is 6.06. The van der Waals surface area contributed by atoms with Crippen molar-refractivity contribution in [1.29, 1.82) is 0 Å². The van der Waals surface area contributed by atoms with Crippen LogP contribution in [-0.4, -0.2) is 132 Å². The van der Waals surface area contributed by atoms with Crippen molar-refractivity contribution in [2.45, 2.75) is 70.7 Å². The normalized spacial score (nSPS) is 41.9. The van der Waals surface area contributed by atoms with E-state index in [-0.39, 0.29) is 11.8 Å². The number of aliphatic hydroxyl groups excluding tert-OH is 3. The number of fused-ring (bicyclic) bond motifs is 13. The molecule has 8 heterocycles. The van der Waals surface area contributed by atoms with Crippen LogP contribution in [-0.2, 0) is 34.7 Å². The van der Waals surface area contributed by atoms with Crippen LogP contribution in [0.1, 0.15) is 25.0 Å². The average molecular weight is 773 g/mol. The summed E-state index contributed by atoms with van der Waals surface area (Å²) in [6, 6.07) is 13.0. The largest absolute Gasteiger partial charge is 0.394 e. The summed E-state index contributed by atoms with van der Waals surface area (Å²) in [7, 11) is 9.25. The lowest BCUT2D eigenvalue weighted by Gasteiger charge is -2.56. The van der Waals surface area contributed by atoms with Gasteiger partial charge in [0.1, 0.15) is 30.6 Å². The summed E-state index contributed by atoms with van der Waals surface area (Å²) in [5, 5.41) is 44.3. The van der Waals surface area contributed by atoms with Gasteiger partial charge in [0, 0.05) is 32.6 Å². The number of aliphatic hydroxyl groups is 3. The number of piperazine rings is 2. The molecule has 1 spiro atoms. The predicted octanol–water partition coefficient (Wildman–Crippen LogP) is 1.16. The summed E-state index contributed by atoms with van der Waals surface area (Å²) in [6.07, 6.45) is -6.05. The Morgan fingerprint density at radius 3 is 1.92 bits per heavy atom. The van der Waals surface area contributed by atoms with Crippen molar-refractivity contribution in [3.8, 4) is 0 Å². The second-order valence-electron chi connectivity index (χ2n) is 14.3. The molecule has 51 heavy (non-hydrogen) atoms. The lowest BCUT2D eigenvalue weighted by Crippen LogP contribution is -2.76. The van der Waals surface area contributed by atoms with Gasteiger partial charge in [-0.05, 0) is 70.4 Å². The number of hydrogen-bond donors (Lipinski definition) is 5. The van der Waals surface area contributed by atoms with E-state index in [2.05, 4.69) is 10.6 Å². The number of nitrogens with one attached hydrogen (secondary N) is 2. The molecule has 6 fully saturated rings. The SMILES string of the molecule is CO[C@@]12C(=O)N(C)[C@@H](CO)C(=O)N1[C@@H]1Nc3ccccc3C1([C@@]13c4ccccc4N[C@@H]1N1C(=O)[C@]4(C(C)C)SSSSC1(C(=O)N4C)C3O)[C@@H]2O. The van der Waals surface area contributed by atoms with E-state index in [0.29, 0.717) is 22.5 Å². The van der Waals surface area contributed by atoms with Gasteiger partial charge >= 0.3 is 0 Å². The highest BCUT2D eigenvalue weighted by molar-refractivity contribution is 9.26. The van der Waals surface area contributed by atoms with Crippen molar-refractivity contribution >= 4 is 76.2 Å². The van der Waals surface area contributed by atoms with Gasteiger partial charge in [0.25, 0.3) is 29.4 Å². The molecule has 0 radical (unpaired) electrons. The fourth-order valence-corrected chi connectivity index (χ4v) is 18.6. The molecule has 8 aliphatic rings. The molecule has 18 heteroatoms. The van der Waals surface area contributed by atoms with Gasteiger partial charge in [-0.3, -0.25) is 29.0 Å². The third-order valence-electron chi connectivity index (χ3n) is 12.6. The number of rotatable bonds is 4. The van der Waals surface area contributed by atoms with Crippen molar-refractivity contribution in [1.82, 2.24) is 19.6 Å². The molecule has 10 rings (SSSR count). The molecule has 2 aromatic carbocycles. The molecule has 14 nitrogen and oxygen atoms in total. The van der Waals surface area contributed by atoms with Crippen LogP contribution in [0.15, 0.2) is 48.5 Å². The minimum Gasteiger partial charge on any atom is -0.394 e. The summed E-state index contributed by atoms with van der Waals surface area (Å²) in [6.45, 7) is 3.08. The maximum Gasteiger partial charge on any atom is 0.279 e. The Bertz CT molecular complexity index is 1940. The standard InChI is InChI=1S/C33H36N6O8S4/c1-15(2)32-28(46)39-25-30(17-11-7-9-13-19(17)35-25,23(43)33(39,27(45)37(32)4)49-51-50-48-32)29-16-10-6-8-12-18(16)34-24(29)38-21(41)20(14-40)36(3)26(44)31(38,47-5)22(29)42/h6-13,15,20,22-25,34-35,40,42-43H,14H2,1-5H3/t20-,22-,23?,24-,25+,29?,30+,31-,32-,33?/m0/s1. The van der Waals surface area contributed by atoms with E-state index in [0.717, 1.165) is 15.7 Å². The van der Waals surface area contributed by atoms with Crippen LogP contribution in [0.4, 0.5) is 11.4 Å². The van der Waals surface area contributed by atoms with E-state index < -0.39 is 81.2 Å². The number of anilines is 2. The average Bonchev–Trinajstić information content (AvgIpc) is 3.76. The van der Waals surface area contributed by atoms with Crippen LogP contribution in [0.2, 0.25) is 0 Å². The number of methoxy groups -OCH3 is 1. The number of nitrogens with zero attached hydrogens (tertiary/aromatic N) is 4. The van der Waals surface area contributed by atoms with Gasteiger partial charge in [-0.15, -0.1) is 0 Å². The van der Waals surface area contributed by atoms with Gasteiger partial charge in [-0.2, -0.15) is 0 Å². The molecule has 2 bridgehead atoms. The van der Waals surface area contributed by atoms with E-state index in [4.69, 9.17) is 4.74 Å². The number of ether oxygens (including phenoxy) is 1. The molecule has 0 aromatic heterocycles. The summed E-state index contributed by atoms with van der Waals surface area (Å²) in [4.78, 5) is 61.8. The first-order chi connectivity index (χ1) is 24.3. The Morgan fingerprint density at radius 1 is 0.804 bits per heavy atom. The number of benzene rings is 2. The van der Waals surface area contributed by atoms with Crippen LogP contribution < -0.4 is 10.6 Å². The second kappa shape index (κ2) is 10.6. The maximum absolute atomic E-state index is 15.4. The molecule has 6 saturated heterocycles. The van der Waals surface area contributed by atoms with Crippen molar-refractivity contribution in [3.63, 3.8) is 0 Å². The fourth-order valence-electron chi connectivity index (χ4n) is 10.5. The first-order valence-electron chi connectivity index (χ1n) is 16.5. The Morgan fingerprint density at radius 2 is 1.35 bits per heavy atom. The third kappa shape index (κ3) is 3.25. The molecule has 3 unspecified atom stereocenters. The molecular weight excluding hydrogens is 737 g/mol. The zero-order valence-electron chi connectivity index (χ0n) is 28.1. The molecule has 2 aromatic rings. The van der Waals surface area contributed by atoms with Crippen molar-refractivity contribution in [3.05, 3.63) is 59.7 Å². The number of amides is 4. The van der Waals surface area contributed by atoms with Gasteiger partial charge in [-0.1, -0.05) is 50.2 Å². The summed E-state index contributed by atoms with van der Waals surface area (Å²) in [5.74, 6) is -2.66. The highest BCUT2D eigenvalue weighted by Gasteiger charge is 2.91. The smallest absolute Gasteiger partial charge is 0.279 e. The van der Waals surface area contributed by atoms with Crippen LogP contribution in [0.3, 0.4) is 0 Å². The second-order valence-corrected chi connectivity index (χ2v) is 20.5. The molecule has 270 valence electrons. The first kappa shape index (κ1) is 34.0. The quantitative estimate of drug-likeness (QED) is 0.280. The summed E-state index contributed by atoms with van der Waals surface area (Å²) >= 11 is 0. The molecule has 5 N–H and O–H groups in total. The molecule has 8 aliphatic heterocycles. The Kier molecular flexibility index (Phi) is 7.09. The lowest BCUT2D eigenvalue weighted by molar-refractivity contribution is -0.218. The monoisotopic (exact) mass is 772 g/mol. The maximum atomic E-state index is 15.4. The molecule has 10 atom stereocenters. The van der Waals surface area contributed by atoms with Crippen molar-refractivity contribution in [2.75, 3.05) is 38.4 Å². The molecular formula is C33H36N6O8S4. The van der Waals surface area contributed by atoms with Crippen LogP contribution in [0, 0.1) is 5.92 Å². The van der Waals surface area contributed by atoms with E-state index in [1.165, 1.54) is 59.3 Å². The van der Waals surface area contributed by atoms with E-state index in [1.807, 2.05) is 26.0 Å². The van der Waals surface area contributed by atoms with Crippen LogP contribution >= 0.6 is 41.2 Å². The van der Waals surface area contributed by atoms with Crippen molar-refractivity contribution in [2.24, 2.45) is 5.92 Å². The number of carbonyl (C=O) groups is 4. The first-order valence-corrected chi connectivity index (χ1v) is 21.3. The summed E-state index contributed by atoms with van der Waals surface area (Å²) in [5.41, 5.74) is -3.94. The zero-order chi connectivity index (χ0) is 36.2. The van der Waals surface area contributed by atoms with E-state index >= 15 is 9.59 Å². The van der Waals surface area contributed by atoms with Gasteiger partial charge in [0.2, 0.25) is 4.87 Å². The number of hydrogen-bond acceptors (Lipinski definition) is 14. The lowest BCUT2D eigenvalue weighted by atomic mass is 9.51. The van der Waals surface area contributed by atoms with Crippen LogP contribution in [0.5, 0.6) is 0 Å². The number of carbonyl (C=O) groups excluding carboxylic acids is 4. The highest BCUT2D eigenvalue weighted by atomic mass is 33.7. The minimum absolute atomic E-state index is 0.349. The fraction of sp³-hybridized carbons (Fsp3) is 0.515. The topological polar surface area (TPSA) is 175 Å². The van der Waals surface area contributed by atoms with Gasteiger partial charge < -0.3 is 40.5 Å².